The summed E-state index contributed by atoms with van der Waals surface area (Å²) in [7, 11) is 1.72. The molecule has 0 bridgehead atoms. The minimum atomic E-state index is -0.154. The van der Waals surface area contributed by atoms with Crippen LogP contribution in [-0.4, -0.2) is 45.5 Å². The third-order valence-electron chi connectivity index (χ3n) is 4.02. The van der Waals surface area contributed by atoms with Gasteiger partial charge in [-0.15, -0.1) is 0 Å². The molecule has 7 nitrogen and oxygen atoms in total. The first-order valence-corrected chi connectivity index (χ1v) is 8.63. The molecule has 0 aliphatic carbocycles. The third kappa shape index (κ3) is 3.72. The van der Waals surface area contributed by atoms with Crippen molar-refractivity contribution in [3.63, 3.8) is 0 Å². The molecule has 0 spiro atoms. The number of nitrogen functional groups attached to an aromatic ring is 1. The fourth-order valence-electron chi connectivity index (χ4n) is 2.64. The fourth-order valence-corrected chi connectivity index (χ4v) is 2.82. The first-order valence-electron chi connectivity index (χ1n) is 8.25. The number of nitrogens with zero attached hydrogens (tertiary/aromatic N) is 4. The van der Waals surface area contributed by atoms with Crippen LogP contribution in [0.4, 0.5) is 5.95 Å². The summed E-state index contributed by atoms with van der Waals surface area (Å²) >= 11 is 5.92. The smallest absolute Gasteiger partial charge is 0.255 e. The number of halogens is 1. The van der Waals surface area contributed by atoms with E-state index in [1.165, 1.54) is 0 Å². The maximum Gasteiger partial charge on any atom is 0.255 e. The highest BCUT2D eigenvalue weighted by Crippen LogP contribution is 2.18. The second-order valence-electron chi connectivity index (χ2n) is 5.81. The van der Waals surface area contributed by atoms with Gasteiger partial charge in [0, 0.05) is 24.8 Å². The number of amides is 1. The molecule has 0 aliphatic heterocycles. The highest BCUT2D eigenvalue weighted by molar-refractivity contribution is 6.30. The number of carbonyl (C=O) groups excluding carboxylic acids is 1. The number of rotatable bonds is 6. The van der Waals surface area contributed by atoms with Crippen molar-refractivity contribution in [2.75, 3.05) is 25.9 Å². The average molecular weight is 374 g/mol. The first kappa shape index (κ1) is 18.0. The van der Waals surface area contributed by atoms with Crippen LogP contribution in [0.1, 0.15) is 17.3 Å². The van der Waals surface area contributed by atoms with Crippen LogP contribution in [-0.2, 0) is 6.54 Å². The number of carbonyl (C=O) groups is 1. The highest BCUT2D eigenvalue weighted by atomic mass is 35.5. The van der Waals surface area contributed by atoms with Crippen LogP contribution in [0.3, 0.4) is 0 Å². The van der Waals surface area contributed by atoms with E-state index in [1.807, 2.05) is 19.1 Å². The minimum absolute atomic E-state index is 0.154. The van der Waals surface area contributed by atoms with Gasteiger partial charge < -0.3 is 15.4 Å². The normalized spacial score (nSPS) is 10.9. The molecule has 0 saturated carbocycles. The molecule has 0 aliphatic rings. The second-order valence-corrected chi connectivity index (χ2v) is 6.25. The van der Waals surface area contributed by atoms with Gasteiger partial charge in [-0.3, -0.25) is 9.36 Å². The zero-order chi connectivity index (χ0) is 18.7. The van der Waals surface area contributed by atoms with Gasteiger partial charge in [0.05, 0.1) is 12.1 Å². The number of hydrogen-bond acceptors (Lipinski definition) is 5. The van der Waals surface area contributed by atoms with Crippen molar-refractivity contribution < 1.29 is 9.53 Å². The predicted molar refractivity (Wildman–Crippen MR) is 102 cm³/mol. The van der Waals surface area contributed by atoms with E-state index in [4.69, 9.17) is 22.1 Å². The van der Waals surface area contributed by atoms with Crippen LogP contribution in [0.2, 0.25) is 5.02 Å². The van der Waals surface area contributed by atoms with Crippen molar-refractivity contribution >= 4 is 34.6 Å². The van der Waals surface area contributed by atoms with Gasteiger partial charge in [-0.25, -0.2) is 9.97 Å². The topological polar surface area (TPSA) is 86.3 Å². The molecule has 0 radical (unpaired) electrons. The molecule has 2 N–H and O–H groups in total. The summed E-state index contributed by atoms with van der Waals surface area (Å²) in [4.78, 5) is 22.8. The molecule has 3 aromatic rings. The summed E-state index contributed by atoms with van der Waals surface area (Å²) in [5.41, 5.74) is 7.62. The SMILES string of the molecule is CCn1c(N)nc2cc(C(=O)N(C)CCOc3cccc(Cl)c3)cnc21. The molecule has 2 heterocycles. The van der Waals surface area contributed by atoms with Crippen molar-refractivity contribution in [1.82, 2.24) is 19.4 Å². The van der Waals surface area contributed by atoms with Crippen LogP contribution in [0.15, 0.2) is 36.5 Å². The largest absolute Gasteiger partial charge is 0.492 e. The number of aryl methyl sites for hydroxylation is 1. The molecule has 1 aromatic carbocycles. The molecular formula is C18H20ClN5O2. The van der Waals surface area contributed by atoms with Crippen LogP contribution < -0.4 is 10.5 Å². The number of benzene rings is 1. The van der Waals surface area contributed by atoms with Gasteiger partial charge in [0.2, 0.25) is 5.95 Å². The van der Waals surface area contributed by atoms with Gasteiger partial charge >= 0.3 is 0 Å². The maximum atomic E-state index is 12.6. The van der Waals surface area contributed by atoms with E-state index in [9.17, 15) is 4.79 Å². The monoisotopic (exact) mass is 373 g/mol. The standard InChI is InChI=1S/C18H20ClN5O2/c1-3-24-16-15(22-18(24)20)9-12(11-21-16)17(25)23(2)7-8-26-14-6-4-5-13(19)10-14/h4-6,9-11H,3,7-8H2,1-2H3,(H2,20,22). The van der Waals surface area contributed by atoms with E-state index in [1.54, 1.807) is 40.9 Å². The zero-order valence-electron chi connectivity index (χ0n) is 14.6. The van der Waals surface area contributed by atoms with E-state index >= 15 is 0 Å². The van der Waals surface area contributed by atoms with Gasteiger partial charge in [0.15, 0.2) is 5.65 Å². The van der Waals surface area contributed by atoms with Crippen LogP contribution in [0, 0.1) is 0 Å². The summed E-state index contributed by atoms with van der Waals surface area (Å²) in [5.74, 6) is 0.906. The lowest BCUT2D eigenvalue weighted by atomic mass is 10.2. The number of ether oxygens (including phenoxy) is 1. The molecular weight excluding hydrogens is 354 g/mol. The number of nitrogens with two attached hydrogens (primary N) is 1. The van der Waals surface area contributed by atoms with Crippen molar-refractivity contribution in [1.29, 1.82) is 0 Å². The number of pyridine rings is 1. The lowest BCUT2D eigenvalue weighted by Crippen LogP contribution is -2.31. The summed E-state index contributed by atoms with van der Waals surface area (Å²) < 4.78 is 7.42. The first-order chi connectivity index (χ1) is 12.5. The number of likely N-dealkylation sites (N-methyl/N-ethyl adjacent to an activating group) is 1. The van der Waals surface area contributed by atoms with Gasteiger partial charge in [0.25, 0.3) is 5.91 Å². The molecule has 136 valence electrons. The Labute approximate surface area is 156 Å². The van der Waals surface area contributed by atoms with E-state index < -0.39 is 0 Å². The van der Waals surface area contributed by atoms with Gasteiger partial charge in [-0.2, -0.15) is 0 Å². The average Bonchev–Trinajstić information content (AvgIpc) is 2.95. The number of imidazole rings is 1. The van der Waals surface area contributed by atoms with Crippen molar-refractivity contribution in [2.24, 2.45) is 0 Å². The Hall–Kier alpha value is -2.80. The molecule has 0 atom stereocenters. The van der Waals surface area contributed by atoms with Crippen molar-refractivity contribution in [2.45, 2.75) is 13.5 Å². The number of anilines is 1. The van der Waals surface area contributed by atoms with E-state index in [-0.39, 0.29) is 5.91 Å². The minimum Gasteiger partial charge on any atom is -0.492 e. The van der Waals surface area contributed by atoms with Gasteiger partial charge in [-0.05, 0) is 31.2 Å². The molecule has 0 fully saturated rings. The Bertz CT molecular complexity index is 940. The van der Waals surface area contributed by atoms with E-state index in [0.29, 0.717) is 53.1 Å². The van der Waals surface area contributed by atoms with Crippen LogP contribution in [0.5, 0.6) is 5.75 Å². The molecule has 0 saturated heterocycles. The fraction of sp³-hybridized carbons (Fsp3) is 0.278. The van der Waals surface area contributed by atoms with E-state index in [2.05, 4.69) is 9.97 Å². The Kier molecular flexibility index (Phi) is 5.27. The lowest BCUT2D eigenvalue weighted by molar-refractivity contribution is 0.0773. The second kappa shape index (κ2) is 7.61. The number of fused-ring (bicyclic) bond motifs is 1. The summed E-state index contributed by atoms with van der Waals surface area (Å²) in [6.45, 7) is 3.42. The van der Waals surface area contributed by atoms with Crippen LogP contribution in [0.25, 0.3) is 11.2 Å². The Morgan fingerprint density at radius 1 is 1.38 bits per heavy atom. The van der Waals surface area contributed by atoms with Crippen molar-refractivity contribution in [3.8, 4) is 5.75 Å². The predicted octanol–water partition coefficient (Wildman–Crippen LogP) is 2.84. The Balaban J connectivity index is 1.65. The van der Waals surface area contributed by atoms with Gasteiger partial charge in [-0.1, -0.05) is 17.7 Å². The summed E-state index contributed by atoms with van der Waals surface area (Å²) in [6.07, 6.45) is 1.55. The van der Waals surface area contributed by atoms with Crippen molar-refractivity contribution in [3.05, 3.63) is 47.1 Å². The molecule has 1 amide bonds. The summed E-state index contributed by atoms with van der Waals surface area (Å²) in [6, 6.07) is 8.85. The molecule has 3 rings (SSSR count). The zero-order valence-corrected chi connectivity index (χ0v) is 15.4. The van der Waals surface area contributed by atoms with Gasteiger partial charge in [0.1, 0.15) is 17.9 Å². The highest BCUT2D eigenvalue weighted by Gasteiger charge is 2.15. The Morgan fingerprint density at radius 3 is 2.92 bits per heavy atom. The summed E-state index contributed by atoms with van der Waals surface area (Å²) in [5, 5.41) is 0.608. The molecule has 26 heavy (non-hydrogen) atoms. The quantitative estimate of drug-likeness (QED) is 0.718. The number of aromatic nitrogens is 3. The third-order valence-corrected chi connectivity index (χ3v) is 4.25. The molecule has 8 heteroatoms. The number of hydrogen-bond donors (Lipinski definition) is 1. The Morgan fingerprint density at radius 2 is 2.19 bits per heavy atom. The maximum absolute atomic E-state index is 12.6. The van der Waals surface area contributed by atoms with Crippen LogP contribution >= 0.6 is 11.6 Å². The molecule has 2 aromatic heterocycles. The lowest BCUT2D eigenvalue weighted by Gasteiger charge is -2.17. The van der Waals surface area contributed by atoms with E-state index in [0.717, 1.165) is 0 Å². The molecule has 0 unspecified atom stereocenters.